The Kier molecular flexibility index (Phi) is 4.57. The summed E-state index contributed by atoms with van der Waals surface area (Å²) in [5, 5.41) is 0.756. The fourth-order valence-corrected chi connectivity index (χ4v) is 3.31. The van der Waals surface area contributed by atoms with Gasteiger partial charge in [-0.1, -0.05) is 11.6 Å². The first-order valence-electron chi connectivity index (χ1n) is 7.17. The number of halogens is 2. The normalized spacial score (nSPS) is 22.0. The Morgan fingerprint density at radius 3 is 2.76 bits per heavy atom. The van der Waals surface area contributed by atoms with Crippen LogP contribution in [0.5, 0.6) is 5.75 Å². The SMILES string of the molecule is O=C(CCl)N1CCN(CC2Cc3cc(Cl)ccc3O2)CC1. The molecule has 0 aliphatic carbocycles. The summed E-state index contributed by atoms with van der Waals surface area (Å²) >= 11 is 11.6. The highest BCUT2D eigenvalue weighted by molar-refractivity contribution is 6.30. The number of hydrogen-bond donors (Lipinski definition) is 0. The van der Waals surface area contributed by atoms with Gasteiger partial charge >= 0.3 is 0 Å². The van der Waals surface area contributed by atoms with Crippen LogP contribution in [0, 0.1) is 0 Å². The van der Waals surface area contributed by atoms with Crippen molar-refractivity contribution in [3.8, 4) is 5.75 Å². The molecule has 2 aliphatic rings. The van der Waals surface area contributed by atoms with Crippen LogP contribution in [0.1, 0.15) is 5.56 Å². The van der Waals surface area contributed by atoms with Gasteiger partial charge in [-0.15, -0.1) is 11.6 Å². The van der Waals surface area contributed by atoms with Gasteiger partial charge in [0.05, 0.1) is 0 Å². The van der Waals surface area contributed by atoms with E-state index in [1.54, 1.807) is 0 Å². The molecular weight excluding hydrogens is 311 g/mol. The Bertz CT molecular complexity index is 530. The van der Waals surface area contributed by atoms with Crippen molar-refractivity contribution in [1.29, 1.82) is 0 Å². The fourth-order valence-electron chi connectivity index (χ4n) is 2.94. The van der Waals surface area contributed by atoms with Crippen LogP contribution in [-0.4, -0.2) is 60.4 Å². The molecule has 0 spiro atoms. The molecule has 1 unspecified atom stereocenters. The molecule has 0 aromatic heterocycles. The van der Waals surface area contributed by atoms with Gasteiger partial charge in [0, 0.05) is 44.2 Å². The highest BCUT2D eigenvalue weighted by Gasteiger charge is 2.27. The summed E-state index contributed by atoms with van der Waals surface area (Å²) in [4.78, 5) is 15.7. The maximum Gasteiger partial charge on any atom is 0.237 e. The van der Waals surface area contributed by atoms with Crippen LogP contribution in [0.4, 0.5) is 0 Å². The minimum absolute atomic E-state index is 0.0236. The first-order chi connectivity index (χ1) is 10.2. The van der Waals surface area contributed by atoms with Crippen LogP contribution in [0.3, 0.4) is 0 Å². The number of alkyl halides is 1. The first-order valence-corrected chi connectivity index (χ1v) is 8.08. The number of fused-ring (bicyclic) bond motifs is 1. The molecule has 6 heteroatoms. The molecule has 1 saturated heterocycles. The topological polar surface area (TPSA) is 32.8 Å². The lowest BCUT2D eigenvalue weighted by Crippen LogP contribution is -2.51. The van der Waals surface area contributed by atoms with Gasteiger partial charge in [-0.25, -0.2) is 0 Å². The summed E-state index contributed by atoms with van der Waals surface area (Å²) in [7, 11) is 0. The van der Waals surface area contributed by atoms with Crippen LogP contribution in [-0.2, 0) is 11.2 Å². The summed E-state index contributed by atoms with van der Waals surface area (Å²) in [6.45, 7) is 4.13. The smallest absolute Gasteiger partial charge is 0.237 e. The third kappa shape index (κ3) is 3.44. The number of benzene rings is 1. The Morgan fingerprint density at radius 1 is 1.29 bits per heavy atom. The van der Waals surface area contributed by atoms with E-state index in [1.807, 2.05) is 23.1 Å². The average Bonchev–Trinajstić information content (AvgIpc) is 2.88. The van der Waals surface area contributed by atoms with Crippen molar-refractivity contribution >= 4 is 29.1 Å². The van der Waals surface area contributed by atoms with Crippen molar-refractivity contribution in [2.75, 3.05) is 38.6 Å². The number of nitrogens with zero attached hydrogens (tertiary/aromatic N) is 2. The van der Waals surface area contributed by atoms with E-state index in [-0.39, 0.29) is 17.9 Å². The van der Waals surface area contributed by atoms with Crippen LogP contribution < -0.4 is 4.74 Å². The van der Waals surface area contributed by atoms with E-state index < -0.39 is 0 Å². The van der Waals surface area contributed by atoms with E-state index in [0.29, 0.717) is 0 Å². The third-order valence-corrected chi connectivity index (χ3v) is 4.53. The van der Waals surface area contributed by atoms with Gasteiger partial charge in [-0.2, -0.15) is 0 Å². The molecule has 0 bridgehead atoms. The Labute approximate surface area is 134 Å². The largest absolute Gasteiger partial charge is 0.488 e. The number of amides is 1. The number of hydrogen-bond acceptors (Lipinski definition) is 3. The Morgan fingerprint density at radius 2 is 2.05 bits per heavy atom. The number of rotatable bonds is 3. The number of carbonyl (C=O) groups is 1. The molecule has 1 amide bonds. The summed E-state index contributed by atoms with van der Waals surface area (Å²) in [5.41, 5.74) is 1.18. The van der Waals surface area contributed by atoms with E-state index in [9.17, 15) is 4.79 Å². The van der Waals surface area contributed by atoms with E-state index in [4.69, 9.17) is 27.9 Å². The van der Waals surface area contributed by atoms with Gasteiger partial charge in [0.25, 0.3) is 0 Å². The van der Waals surface area contributed by atoms with Crippen LogP contribution in [0.15, 0.2) is 18.2 Å². The lowest BCUT2D eigenvalue weighted by molar-refractivity contribution is -0.130. The van der Waals surface area contributed by atoms with Gasteiger partial charge in [0.1, 0.15) is 17.7 Å². The van der Waals surface area contributed by atoms with Crippen molar-refractivity contribution in [2.24, 2.45) is 0 Å². The van der Waals surface area contributed by atoms with E-state index in [0.717, 1.165) is 49.9 Å². The van der Waals surface area contributed by atoms with Crippen LogP contribution in [0.25, 0.3) is 0 Å². The number of carbonyl (C=O) groups excluding carboxylic acids is 1. The summed E-state index contributed by atoms with van der Waals surface area (Å²) in [5.74, 6) is 1.04. The van der Waals surface area contributed by atoms with Crippen molar-refractivity contribution in [3.05, 3.63) is 28.8 Å². The molecule has 4 nitrogen and oxygen atoms in total. The van der Waals surface area contributed by atoms with Gasteiger partial charge < -0.3 is 9.64 Å². The maximum atomic E-state index is 11.5. The molecule has 1 atom stereocenters. The minimum atomic E-state index is 0.0236. The molecule has 1 fully saturated rings. The van der Waals surface area contributed by atoms with E-state index in [2.05, 4.69) is 4.90 Å². The second kappa shape index (κ2) is 6.42. The molecule has 0 N–H and O–H groups in total. The zero-order chi connectivity index (χ0) is 14.8. The maximum absolute atomic E-state index is 11.5. The van der Waals surface area contributed by atoms with Gasteiger partial charge in [0.2, 0.25) is 5.91 Å². The number of piperazine rings is 1. The molecule has 3 rings (SSSR count). The Balaban J connectivity index is 1.50. The molecule has 114 valence electrons. The quantitative estimate of drug-likeness (QED) is 0.796. The van der Waals surface area contributed by atoms with Crippen molar-refractivity contribution in [2.45, 2.75) is 12.5 Å². The van der Waals surface area contributed by atoms with E-state index in [1.165, 1.54) is 5.56 Å². The molecular formula is C15H18Cl2N2O2. The molecule has 21 heavy (non-hydrogen) atoms. The second-order valence-electron chi connectivity index (χ2n) is 5.51. The molecule has 0 saturated carbocycles. The molecule has 2 aliphatic heterocycles. The minimum Gasteiger partial charge on any atom is -0.488 e. The summed E-state index contributed by atoms with van der Waals surface area (Å²) < 4.78 is 5.96. The molecule has 1 aromatic rings. The monoisotopic (exact) mass is 328 g/mol. The van der Waals surface area contributed by atoms with Crippen molar-refractivity contribution in [1.82, 2.24) is 9.80 Å². The highest BCUT2D eigenvalue weighted by atomic mass is 35.5. The van der Waals surface area contributed by atoms with Crippen molar-refractivity contribution < 1.29 is 9.53 Å². The lowest BCUT2D eigenvalue weighted by atomic mass is 10.1. The average molecular weight is 329 g/mol. The Hall–Kier alpha value is -0.970. The molecule has 1 aromatic carbocycles. The third-order valence-electron chi connectivity index (χ3n) is 4.06. The molecule has 2 heterocycles. The van der Waals surface area contributed by atoms with Crippen LogP contribution in [0.2, 0.25) is 5.02 Å². The first kappa shape index (κ1) is 14.9. The predicted molar refractivity (Wildman–Crippen MR) is 83.3 cm³/mol. The van der Waals surface area contributed by atoms with Gasteiger partial charge in [-0.3, -0.25) is 9.69 Å². The summed E-state index contributed by atoms with van der Waals surface area (Å²) in [6.07, 6.45) is 1.07. The second-order valence-corrected chi connectivity index (χ2v) is 6.21. The molecule has 0 radical (unpaired) electrons. The zero-order valence-electron chi connectivity index (χ0n) is 11.7. The lowest BCUT2D eigenvalue weighted by Gasteiger charge is -2.35. The number of ether oxygens (including phenoxy) is 1. The highest BCUT2D eigenvalue weighted by Crippen LogP contribution is 2.31. The zero-order valence-corrected chi connectivity index (χ0v) is 13.2. The summed E-state index contributed by atoms with van der Waals surface area (Å²) in [6, 6.07) is 5.78. The van der Waals surface area contributed by atoms with E-state index >= 15 is 0 Å². The predicted octanol–water partition coefficient (Wildman–Crippen LogP) is 2.03. The fraction of sp³-hybridized carbons (Fsp3) is 0.533. The van der Waals surface area contributed by atoms with Crippen molar-refractivity contribution in [3.63, 3.8) is 0 Å². The van der Waals surface area contributed by atoms with Gasteiger partial charge in [-0.05, 0) is 23.8 Å². The van der Waals surface area contributed by atoms with Crippen LogP contribution >= 0.6 is 23.2 Å². The standard InChI is InChI=1S/C15H18Cl2N2O2/c16-9-15(20)19-5-3-18(4-6-19)10-13-8-11-7-12(17)1-2-14(11)21-13/h1-2,7,13H,3-6,8-10H2. The van der Waals surface area contributed by atoms with Gasteiger partial charge in [0.15, 0.2) is 0 Å².